The van der Waals surface area contributed by atoms with Gasteiger partial charge in [-0.05, 0) is 57.8 Å². The molecule has 0 saturated carbocycles. The number of ether oxygens (including phenoxy) is 1. The molecule has 0 rings (SSSR count). The molecule has 0 aliphatic rings. The summed E-state index contributed by atoms with van der Waals surface area (Å²) >= 11 is 0. The first-order valence-corrected chi connectivity index (χ1v) is 21.3. The standard InChI is InChI=1S/C44H82O4/c1-3-5-7-9-11-13-15-17-19-20-21-22-23-24-25-27-29-31-33-35-37-39-44(47)48-42(40-41-43(45)46)38-36-34-32-30-28-26-18-16-14-12-10-8-6-4-2/h11,13,17,19,42H,3-10,12,14-16,18,20-41H2,1-2H3,(H,45,46)/b13-11-,19-17-. The van der Waals surface area contributed by atoms with Crippen LogP contribution in [-0.4, -0.2) is 23.1 Å². The Morgan fingerprint density at radius 1 is 0.458 bits per heavy atom. The Kier molecular flexibility index (Phi) is 38.5. The first-order chi connectivity index (χ1) is 23.6. The Balaban J connectivity index is 3.66. The fourth-order valence-electron chi connectivity index (χ4n) is 6.50. The molecule has 1 N–H and O–H groups in total. The lowest BCUT2D eigenvalue weighted by Crippen LogP contribution is -2.19. The van der Waals surface area contributed by atoms with Crippen molar-refractivity contribution in [2.75, 3.05) is 0 Å². The molecule has 282 valence electrons. The van der Waals surface area contributed by atoms with Gasteiger partial charge in [-0.2, -0.15) is 0 Å². The number of aliphatic carboxylic acids is 1. The van der Waals surface area contributed by atoms with Crippen LogP contribution in [-0.2, 0) is 14.3 Å². The van der Waals surface area contributed by atoms with E-state index in [0.29, 0.717) is 12.8 Å². The third-order valence-corrected chi connectivity index (χ3v) is 9.69. The van der Waals surface area contributed by atoms with Gasteiger partial charge in [-0.25, -0.2) is 0 Å². The first-order valence-electron chi connectivity index (χ1n) is 21.3. The third-order valence-electron chi connectivity index (χ3n) is 9.69. The summed E-state index contributed by atoms with van der Waals surface area (Å²) in [5.41, 5.74) is 0. The molecule has 1 unspecified atom stereocenters. The van der Waals surface area contributed by atoms with E-state index >= 15 is 0 Å². The molecule has 0 aromatic rings. The predicted molar refractivity (Wildman–Crippen MR) is 209 cm³/mol. The highest BCUT2D eigenvalue weighted by Gasteiger charge is 2.16. The highest BCUT2D eigenvalue weighted by Crippen LogP contribution is 2.18. The van der Waals surface area contributed by atoms with Crippen LogP contribution in [0.1, 0.15) is 239 Å². The number of unbranched alkanes of at least 4 members (excludes halogenated alkanes) is 27. The Morgan fingerprint density at radius 2 is 0.833 bits per heavy atom. The van der Waals surface area contributed by atoms with E-state index in [4.69, 9.17) is 9.84 Å². The van der Waals surface area contributed by atoms with Crippen molar-refractivity contribution in [2.24, 2.45) is 0 Å². The fraction of sp³-hybridized carbons (Fsp3) is 0.864. The van der Waals surface area contributed by atoms with Crippen molar-refractivity contribution in [1.29, 1.82) is 0 Å². The molecular formula is C44H82O4. The van der Waals surface area contributed by atoms with E-state index in [9.17, 15) is 9.59 Å². The summed E-state index contributed by atoms with van der Waals surface area (Å²) < 4.78 is 5.75. The molecule has 48 heavy (non-hydrogen) atoms. The van der Waals surface area contributed by atoms with Crippen molar-refractivity contribution in [3.63, 3.8) is 0 Å². The average Bonchev–Trinajstić information content (AvgIpc) is 3.07. The summed E-state index contributed by atoms with van der Waals surface area (Å²) in [5.74, 6) is -0.947. The van der Waals surface area contributed by atoms with Gasteiger partial charge in [0, 0.05) is 12.8 Å². The first kappa shape index (κ1) is 46.4. The minimum atomic E-state index is -0.808. The maximum Gasteiger partial charge on any atom is 0.306 e. The lowest BCUT2D eigenvalue weighted by Gasteiger charge is -2.17. The van der Waals surface area contributed by atoms with E-state index in [1.54, 1.807) is 0 Å². The van der Waals surface area contributed by atoms with Gasteiger partial charge in [0.05, 0.1) is 0 Å². The molecule has 0 bridgehead atoms. The maximum atomic E-state index is 12.5. The summed E-state index contributed by atoms with van der Waals surface area (Å²) in [4.78, 5) is 23.6. The van der Waals surface area contributed by atoms with Gasteiger partial charge in [-0.1, -0.05) is 192 Å². The van der Waals surface area contributed by atoms with Gasteiger partial charge in [0.1, 0.15) is 6.10 Å². The van der Waals surface area contributed by atoms with Gasteiger partial charge >= 0.3 is 11.9 Å². The Labute approximate surface area is 299 Å². The summed E-state index contributed by atoms with van der Waals surface area (Å²) in [7, 11) is 0. The second-order valence-corrected chi connectivity index (χ2v) is 14.5. The zero-order chi connectivity index (χ0) is 35.0. The highest BCUT2D eigenvalue weighted by molar-refractivity contribution is 5.69. The number of allylic oxidation sites excluding steroid dienone is 4. The average molecular weight is 675 g/mol. The van der Waals surface area contributed by atoms with Crippen LogP contribution in [0.4, 0.5) is 0 Å². The van der Waals surface area contributed by atoms with E-state index in [1.165, 1.54) is 167 Å². The molecule has 0 radical (unpaired) electrons. The van der Waals surface area contributed by atoms with Crippen molar-refractivity contribution < 1.29 is 19.4 Å². The van der Waals surface area contributed by atoms with Crippen LogP contribution in [0.15, 0.2) is 24.3 Å². The predicted octanol–water partition coefficient (Wildman–Crippen LogP) is 14.8. The van der Waals surface area contributed by atoms with Crippen LogP contribution >= 0.6 is 0 Å². The number of carboxylic acid groups (broad SMARTS) is 1. The number of carbonyl (C=O) groups excluding carboxylic acids is 1. The summed E-state index contributed by atoms with van der Waals surface area (Å²) in [6.45, 7) is 4.53. The van der Waals surface area contributed by atoms with Crippen molar-refractivity contribution >= 4 is 11.9 Å². The maximum absolute atomic E-state index is 12.5. The molecule has 4 heteroatoms. The largest absolute Gasteiger partial charge is 0.481 e. The molecule has 0 aromatic heterocycles. The molecule has 0 heterocycles. The van der Waals surface area contributed by atoms with E-state index in [1.807, 2.05) is 0 Å². The molecule has 0 spiro atoms. The Morgan fingerprint density at radius 3 is 1.29 bits per heavy atom. The molecule has 1 atom stereocenters. The fourth-order valence-corrected chi connectivity index (χ4v) is 6.50. The van der Waals surface area contributed by atoms with Crippen LogP contribution in [0.2, 0.25) is 0 Å². The van der Waals surface area contributed by atoms with Crippen LogP contribution in [0, 0.1) is 0 Å². The smallest absolute Gasteiger partial charge is 0.306 e. The van der Waals surface area contributed by atoms with Gasteiger partial charge < -0.3 is 9.84 Å². The second-order valence-electron chi connectivity index (χ2n) is 14.5. The molecule has 0 aliphatic heterocycles. The molecule has 0 fully saturated rings. The number of esters is 1. The summed E-state index contributed by atoms with van der Waals surface area (Å²) in [5, 5.41) is 9.14. The van der Waals surface area contributed by atoms with E-state index in [2.05, 4.69) is 38.2 Å². The molecular weight excluding hydrogens is 592 g/mol. The molecule has 0 amide bonds. The lowest BCUT2D eigenvalue weighted by molar-refractivity contribution is -0.151. The lowest BCUT2D eigenvalue weighted by atomic mass is 10.0. The summed E-state index contributed by atoms with van der Waals surface area (Å²) in [6.07, 6.45) is 50.6. The topological polar surface area (TPSA) is 63.6 Å². The van der Waals surface area contributed by atoms with E-state index in [0.717, 1.165) is 38.5 Å². The zero-order valence-electron chi connectivity index (χ0n) is 32.3. The van der Waals surface area contributed by atoms with Crippen LogP contribution in [0.3, 0.4) is 0 Å². The number of carbonyl (C=O) groups is 2. The number of rotatable bonds is 39. The van der Waals surface area contributed by atoms with Gasteiger partial charge in [-0.3, -0.25) is 9.59 Å². The molecule has 0 aliphatic carbocycles. The minimum Gasteiger partial charge on any atom is -0.481 e. The normalized spacial score (nSPS) is 12.4. The third kappa shape index (κ3) is 38.9. The van der Waals surface area contributed by atoms with Crippen molar-refractivity contribution in [1.82, 2.24) is 0 Å². The SMILES string of the molecule is CCCCC/C=C\C/C=C\CCCCCCCCCCCCCC(=O)OC(CCCCCCCCCCCCCCCC)CCC(=O)O. The molecule has 4 nitrogen and oxygen atoms in total. The van der Waals surface area contributed by atoms with Gasteiger partial charge in [-0.15, -0.1) is 0 Å². The number of hydrogen-bond donors (Lipinski definition) is 1. The Bertz CT molecular complexity index is 727. The number of carboxylic acids is 1. The van der Waals surface area contributed by atoms with Gasteiger partial charge in [0.15, 0.2) is 0 Å². The number of hydrogen-bond acceptors (Lipinski definition) is 3. The van der Waals surface area contributed by atoms with E-state index < -0.39 is 5.97 Å². The van der Waals surface area contributed by atoms with Gasteiger partial charge in [0.25, 0.3) is 0 Å². The monoisotopic (exact) mass is 675 g/mol. The van der Waals surface area contributed by atoms with Gasteiger partial charge in [0.2, 0.25) is 0 Å². The van der Waals surface area contributed by atoms with Crippen LogP contribution in [0.5, 0.6) is 0 Å². The molecule has 0 saturated heterocycles. The molecule has 0 aromatic carbocycles. The Hall–Kier alpha value is -1.58. The van der Waals surface area contributed by atoms with Crippen molar-refractivity contribution in [3.05, 3.63) is 24.3 Å². The quantitative estimate of drug-likeness (QED) is 0.0400. The van der Waals surface area contributed by atoms with E-state index in [-0.39, 0.29) is 18.5 Å². The van der Waals surface area contributed by atoms with Crippen LogP contribution < -0.4 is 0 Å². The van der Waals surface area contributed by atoms with Crippen LogP contribution in [0.25, 0.3) is 0 Å². The minimum absolute atomic E-state index is 0.0747. The summed E-state index contributed by atoms with van der Waals surface area (Å²) in [6, 6.07) is 0. The van der Waals surface area contributed by atoms with Crippen molar-refractivity contribution in [2.45, 2.75) is 245 Å². The highest BCUT2D eigenvalue weighted by atomic mass is 16.5. The second kappa shape index (κ2) is 39.9. The zero-order valence-corrected chi connectivity index (χ0v) is 32.3. The van der Waals surface area contributed by atoms with Crippen molar-refractivity contribution in [3.8, 4) is 0 Å².